The number of fused-ring (bicyclic) bond motifs is 1. The fourth-order valence-electron chi connectivity index (χ4n) is 2.76. The minimum absolute atomic E-state index is 0.0751. The molecule has 0 aromatic heterocycles. The SMILES string of the molecule is CN1c2ccc(Cl)cc2C(c2ccccc2)=NCC1CC#N. The van der Waals surface area contributed by atoms with Crippen molar-refractivity contribution >= 4 is 23.0 Å². The summed E-state index contributed by atoms with van der Waals surface area (Å²) < 4.78 is 0. The summed E-state index contributed by atoms with van der Waals surface area (Å²) in [5, 5.41) is 9.75. The maximum Gasteiger partial charge on any atom is 0.0741 e. The molecule has 1 unspecified atom stereocenters. The number of hydrogen-bond acceptors (Lipinski definition) is 3. The van der Waals surface area contributed by atoms with E-state index in [1.807, 2.05) is 55.6 Å². The van der Waals surface area contributed by atoms with Crippen LogP contribution < -0.4 is 4.90 Å². The summed E-state index contributed by atoms with van der Waals surface area (Å²) in [5.41, 5.74) is 4.08. The summed E-state index contributed by atoms with van der Waals surface area (Å²) in [5.74, 6) is 0. The molecule has 0 bridgehead atoms. The Morgan fingerprint density at radius 1 is 1.27 bits per heavy atom. The van der Waals surface area contributed by atoms with E-state index in [0.717, 1.165) is 22.5 Å². The summed E-state index contributed by atoms with van der Waals surface area (Å²) in [6.45, 7) is 0.598. The van der Waals surface area contributed by atoms with E-state index >= 15 is 0 Å². The highest BCUT2D eigenvalue weighted by Crippen LogP contribution is 2.30. The minimum Gasteiger partial charge on any atom is -0.368 e. The monoisotopic (exact) mass is 309 g/mol. The highest BCUT2D eigenvalue weighted by Gasteiger charge is 2.24. The first kappa shape index (κ1) is 14.6. The van der Waals surface area contributed by atoms with Crippen molar-refractivity contribution in [2.24, 2.45) is 4.99 Å². The van der Waals surface area contributed by atoms with Crippen LogP contribution in [0.3, 0.4) is 0 Å². The summed E-state index contributed by atoms with van der Waals surface area (Å²) in [7, 11) is 2.01. The average molecular weight is 310 g/mol. The third-order valence-electron chi connectivity index (χ3n) is 3.98. The normalized spacial score (nSPS) is 17.2. The van der Waals surface area contributed by atoms with Gasteiger partial charge in [-0.15, -0.1) is 0 Å². The topological polar surface area (TPSA) is 39.4 Å². The molecule has 1 atom stereocenters. The van der Waals surface area contributed by atoms with Crippen molar-refractivity contribution in [3.05, 3.63) is 64.7 Å². The van der Waals surface area contributed by atoms with Crippen molar-refractivity contribution in [1.82, 2.24) is 0 Å². The first-order valence-electron chi connectivity index (χ1n) is 7.20. The molecule has 3 nitrogen and oxygen atoms in total. The Morgan fingerprint density at radius 3 is 2.77 bits per heavy atom. The average Bonchev–Trinajstić information content (AvgIpc) is 2.66. The molecule has 0 fully saturated rings. The zero-order chi connectivity index (χ0) is 15.5. The van der Waals surface area contributed by atoms with Gasteiger partial charge < -0.3 is 4.90 Å². The lowest BCUT2D eigenvalue weighted by molar-refractivity contribution is 0.657. The largest absolute Gasteiger partial charge is 0.368 e. The van der Waals surface area contributed by atoms with E-state index in [4.69, 9.17) is 21.9 Å². The Balaban J connectivity index is 2.16. The molecule has 1 aliphatic rings. The van der Waals surface area contributed by atoms with Crippen LogP contribution >= 0.6 is 11.6 Å². The number of likely N-dealkylation sites (N-methyl/N-ethyl adjacent to an activating group) is 1. The van der Waals surface area contributed by atoms with Crippen molar-refractivity contribution in [3.63, 3.8) is 0 Å². The number of aliphatic imine (C=N–C) groups is 1. The van der Waals surface area contributed by atoms with Crippen molar-refractivity contribution in [1.29, 1.82) is 5.26 Å². The highest BCUT2D eigenvalue weighted by atomic mass is 35.5. The van der Waals surface area contributed by atoms with Gasteiger partial charge in [-0.1, -0.05) is 41.9 Å². The zero-order valence-corrected chi connectivity index (χ0v) is 13.1. The van der Waals surface area contributed by atoms with Gasteiger partial charge in [-0.2, -0.15) is 5.26 Å². The molecular weight excluding hydrogens is 294 g/mol. The van der Waals surface area contributed by atoms with Crippen molar-refractivity contribution in [2.75, 3.05) is 18.5 Å². The van der Waals surface area contributed by atoms with E-state index in [9.17, 15) is 0 Å². The summed E-state index contributed by atoms with van der Waals surface area (Å²) in [4.78, 5) is 6.92. The van der Waals surface area contributed by atoms with Crippen LogP contribution in [0.4, 0.5) is 5.69 Å². The number of benzene rings is 2. The molecule has 0 radical (unpaired) electrons. The van der Waals surface area contributed by atoms with Gasteiger partial charge in [0, 0.05) is 28.9 Å². The van der Waals surface area contributed by atoms with Crippen LogP contribution in [0.2, 0.25) is 5.02 Å². The number of rotatable bonds is 2. The van der Waals surface area contributed by atoms with Gasteiger partial charge in [0.1, 0.15) is 0 Å². The van der Waals surface area contributed by atoms with E-state index in [1.54, 1.807) is 0 Å². The molecule has 4 heteroatoms. The molecule has 22 heavy (non-hydrogen) atoms. The predicted octanol–water partition coefficient (Wildman–Crippen LogP) is 3.91. The van der Waals surface area contributed by atoms with Crippen molar-refractivity contribution in [3.8, 4) is 6.07 Å². The first-order chi connectivity index (χ1) is 10.7. The van der Waals surface area contributed by atoms with Crippen LogP contribution in [0.25, 0.3) is 0 Å². The van der Waals surface area contributed by atoms with Gasteiger partial charge in [-0.25, -0.2) is 0 Å². The van der Waals surface area contributed by atoms with Gasteiger partial charge in [0.05, 0.1) is 30.8 Å². The molecule has 0 N–H and O–H groups in total. The Labute approximate surface area is 135 Å². The van der Waals surface area contributed by atoms with Gasteiger partial charge in [0.25, 0.3) is 0 Å². The quantitative estimate of drug-likeness (QED) is 0.843. The van der Waals surface area contributed by atoms with Crippen LogP contribution in [0, 0.1) is 11.3 Å². The maximum absolute atomic E-state index is 9.06. The molecule has 2 aromatic carbocycles. The highest BCUT2D eigenvalue weighted by molar-refractivity contribution is 6.31. The fourth-order valence-corrected chi connectivity index (χ4v) is 2.93. The third-order valence-corrected chi connectivity index (χ3v) is 4.21. The molecule has 0 spiro atoms. The van der Waals surface area contributed by atoms with Crippen LogP contribution in [0.15, 0.2) is 53.5 Å². The lowest BCUT2D eigenvalue weighted by Gasteiger charge is -2.27. The van der Waals surface area contributed by atoms with Gasteiger partial charge >= 0.3 is 0 Å². The predicted molar refractivity (Wildman–Crippen MR) is 90.8 cm³/mol. The van der Waals surface area contributed by atoms with Crippen LogP contribution in [0.1, 0.15) is 17.5 Å². The molecule has 0 amide bonds. The summed E-state index contributed by atoms with van der Waals surface area (Å²) in [6.07, 6.45) is 0.449. The third kappa shape index (κ3) is 2.70. The summed E-state index contributed by atoms with van der Waals surface area (Å²) >= 11 is 6.20. The van der Waals surface area contributed by atoms with Crippen molar-refractivity contribution in [2.45, 2.75) is 12.5 Å². The van der Waals surface area contributed by atoms with Gasteiger partial charge in [0.2, 0.25) is 0 Å². The number of benzodiazepines with no additional fused rings is 1. The fraction of sp³-hybridized carbons (Fsp3) is 0.222. The van der Waals surface area contributed by atoms with E-state index in [0.29, 0.717) is 18.0 Å². The molecule has 0 saturated carbocycles. The number of nitriles is 1. The molecule has 1 heterocycles. The van der Waals surface area contributed by atoms with E-state index in [-0.39, 0.29) is 6.04 Å². The molecule has 3 rings (SSSR count). The second-order valence-corrected chi connectivity index (χ2v) is 5.78. The number of anilines is 1. The standard InChI is InChI=1S/C18H16ClN3/c1-22-15(9-10-20)12-21-18(13-5-3-2-4-6-13)16-11-14(19)7-8-17(16)22/h2-8,11,15H,9,12H2,1H3. The minimum atomic E-state index is 0.0751. The Bertz CT molecular complexity index is 747. The smallest absolute Gasteiger partial charge is 0.0741 e. The van der Waals surface area contributed by atoms with Gasteiger partial charge in [0.15, 0.2) is 0 Å². The molecule has 2 aromatic rings. The Kier molecular flexibility index (Phi) is 4.13. The van der Waals surface area contributed by atoms with Crippen molar-refractivity contribution < 1.29 is 0 Å². The molecule has 1 aliphatic heterocycles. The number of nitrogens with zero attached hydrogens (tertiary/aromatic N) is 3. The van der Waals surface area contributed by atoms with Gasteiger partial charge in [-0.05, 0) is 18.2 Å². The number of halogens is 1. The lowest BCUT2D eigenvalue weighted by Crippen LogP contribution is -2.33. The van der Waals surface area contributed by atoms with E-state index in [2.05, 4.69) is 11.0 Å². The number of hydrogen-bond donors (Lipinski definition) is 0. The Morgan fingerprint density at radius 2 is 2.05 bits per heavy atom. The maximum atomic E-state index is 9.06. The van der Waals surface area contributed by atoms with E-state index in [1.165, 1.54) is 0 Å². The van der Waals surface area contributed by atoms with Crippen LogP contribution in [-0.2, 0) is 0 Å². The van der Waals surface area contributed by atoms with E-state index < -0.39 is 0 Å². The second kappa shape index (κ2) is 6.21. The zero-order valence-electron chi connectivity index (χ0n) is 12.3. The molecule has 0 aliphatic carbocycles. The van der Waals surface area contributed by atoms with Crippen LogP contribution in [-0.4, -0.2) is 25.3 Å². The van der Waals surface area contributed by atoms with Gasteiger partial charge in [-0.3, -0.25) is 4.99 Å². The molecule has 0 saturated heterocycles. The molecule has 110 valence electrons. The van der Waals surface area contributed by atoms with Crippen LogP contribution in [0.5, 0.6) is 0 Å². The first-order valence-corrected chi connectivity index (χ1v) is 7.58. The lowest BCUT2D eigenvalue weighted by atomic mass is 10.0. The summed E-state index contributed by atoms with van der Waals surface area (Å²) in [6, 6.07) is 18.3. The second-order valence-electron chi connectivity index (χ2n) is 5.34. The Hall–Kier alpha value is -2.31. The molecular formula is C18H16ClN3.